The molecule has 0 saturated carbocycles. The van der Waals surface area contributed by atoms with Crippen LogP contribution in [0, 0.1) is 0 Å². The average Bonchev–Trinajstić information content (AvgIpc) is 3.23. The zero-order valence-electron chi connectivity index (χ0n) is 16.2. The van der Waals surface area contributed by atoms with E-state index in [1.165, 1.54) is 16.3 Å². The lowest BCUT2D eigenvalue weighted by Crippen LogP contribution is -2.41. The number of hydrogen-bond acceptors (Lipinski definition) is 4. The second-order valence-electron chi connectivity index (χ2n) is 7.24. The van der Waals surface area contributed by atoms with Crippen molar-refractivity contribution >= 4 is 23.3 Å². The summed E-state index contributed by atoms with van der Waals surface area (Å²) in [6.45, 7) is 0.887. The predicted octanol–water partition coefficient (Wildman–Crippen LogP) is 3.37. The number of hydrogen-bond donors (Lipinski definition) is 1. The maximum atomic E-state index is 13.1. The van der Waals surface area contributed by atoms with Crippen molar-refractivity contribution in [1.82, 2.24) is 19.5 Å². The van der Waals surface area contributed by atoms with Gasteiger partial charge in [-0.05, 0) is 17.7 Å². The Morgan fingerprint density at radius 1 is 1.07 bits per heavy atom. The van der Waals surface area contributed by atoms with Crippen LogP contribution in [0.4, 0.5) is 0 Å². The first-order valence-electron chi connectivity index (χ1n) is 9.83. The van der Waals surface area contributed by atoms with E-state index in [1.54, 1.807) is 4.90 Å². The van der Waals surface area contributed by atoms with Crippen LogP contribution in [0.2, 0.25) is 0 Å². The summed E-state index contributed by atoms with van der Waals surface area (Å²) >= 11 is 1.51. The number of nitrogens with one attached hydrogen (secondary N) is 1. The summed E-state index contributed by atoms with van der Waals surface area (Å²) in [5.74, 6) is 0.396. The van der Waals surface area contributed by atoms with Gasteiger partial charge in [0, 0.05) is 23.9 Å². The molecule has 6 nitrogen and oxygen atoms in total. The van der Waals surface area contributed by atoms with Crippen LogP contribution >= 0.6 is 11.8 Å². The van der Waals surface area contributed by atoms with Crippen LogP contribution in [-0.4, -0.2) is 37.7 Å². The third-order valence-corrected chi connectivity index (χ3v) is 6.30. The summed E-state index contributed by atoms with van der Waals surface area (Å²) in [5.41, 5.74) is 3.70. The Hall–Kier alpha value is -3.32. The first-order valence-corrected chi connectivity index (χ1v) is 10.8. The van der Waals surface area contributed by atoms with Crippen molar-refractivity contribution in [1.29, 1.82) is 0 Å². The largest absolute Gasteiger partial charge is 0.337 e. The van der Waals surface area contributed by atoms with E-state index < -0.39 is 0 Å². The number of rotatable bonds is 4. The maximum absolute atomic E-state index is 13.1. The lowest BCUT2D eigenvalue weighted by molar-refractivity contribution is -0.129. The van der Waals surface area contributed by atoms with Gasteiger partial charge in [-0.25, -0.2) is 9.50 Å². The van der Waals surface area contributed by atoms with Gasteiger partial charge < -0.3 is 4.90 Å². The summed E-state index contributed by atoms with van der Waals surface area (Å²) in [6.07, 6.45) is 0.592. The van der Waals surface area contributed by atoms with E-state index in [0.29, 0.717) is 36.5 Å². The van der Waals surface area contributed by atoms with Crippen molar-refractivity contribution in [2.45, 2.75) is 17.9 Å². The zero-order chi connectivity index (χ0) is 20.5. The smallest absolute Gasteiger partial charge is 0.277 e. The number of carbonyl (C=O) groups excluding carboxylic acids is 1. The molecule has 4 aromatic rings. The van der Waals surface area contributed by atoms with Crippen molar-refractivity contribution in [3.63, 3.8) is 0 Å². The molecule has 5 rings (SSSR count). The number of aromatic amines is 1. The minimum Gasteiger partial charge on any atom is -0.337 e. The Morgan fingerprint density at radius 3 is 2.57 bits per heavy atom. The van der Waals surface area contributed by atoms with Gasteiger partial charge in [0.15, 0.2) is 5.65 Å². The molecule has 0 bridgehead atoms. The van der Waals surface area contributed by atoms with Crippen LogP contribution in [0.3, 0.4) is 0 Å². The molecule has 0 saturated heterocycles. The highest BCUT2D eigenvalue weighted by Gasteiger charge is 2.25. The number of amides is 1. The first-order chi connectivity index (χ1) is 14.7. The quantitative estimate of drug-likeness (QED) is 0.518. The maximum Gasteiger partial charge on any atom is 0.277 e. The van der Waals surface area contributed by atoms with Gasteiger partial charge in [0.05, 0.1) is 29.2 Å². The normalized spacial score (nSPS) is 13.4. The van der Waals surface area contributed by atoms with Gasteiger partial charge in [-0.15, -0.1) is 11.8 Å². The third kappa shape index (κ3) is 3.52. The summed E-state index contributed by atoms with van der Waals surface area (Å²) in [6, 6.07) is 21.6. The van der Waals surface area contributed by atoms with Gasteiger partial charge in [-0.1, -0.05) is 48.5 Å². The van der Waals surface area contributed by atoms with Crippen molar-refractivity contribution in [2.75, 3.05) is 12.3 Å². The standard InChI is InChI=1S/C23H20N4O2S/c28-22(15-30-17-9-5-2-6-10-17)26-12-11-19-18(14-26)23(29)27-21(24-19)13-20(25-27)16-7-3-1-4-8-16/h1-10,13,25H,11-12,14-15H2. The van der Waals surface area contributed by atoms with Gasteiger partial charge >= 0.3 is 0 Å². The Bertz CT molecular complexity index is 1270. The molecule has 0 atom stereocenters. The highest BCUT2D eigenvalue weighted by atomic mass is 32.2. The lowest BCUT2D eigenvalue weighted by atomic mass is 10.1. The molecule has 0 unspecified atom stereocenters. The Morgan fingerprint density at radius 2 is 1.80 bits per heavy atom. The van der Waals surface area contributed by atoms with Crippen LogP contribution in [0.1, 0.15) is 11.3 Å². The van der Waals surface area contributed by atoms with Gasteiger partial charge in [-0.2, -0.15) is 0 Å². The molecule has 0 spiro atoms. The highest BCUT2D eigenvalue weighted by Crippen LogP contribution is 2.22. The molecule has 1 amide bonds. The number of carbonyl (C=O) groups is 1. The van der Waals surface area contributed by atoms with E-state index in [2.05, 4.69) is 5.10 Å². The van der Waals surface area contributed by atoms with Gasteiger partial charge in [-0.3, -0.25) is 14.7 Å². The summed E-state index contributed by atoms with van der Waals surface area (Å²) in [7, 11) is 0. The van der Waals surface area contributed by atoms with E-state index in [0.717, 1.165) is 21.8 Å². The number of nitrogens with zero attached hydrogens (tertiary/aromatic N) is 3. The Kier molecular flexibility index (Phi) is 4.88. The number of benzene rings is 2. The Labute approximate surface area is 177 Å². The molecular formula is C23H20N4O2S. The third-order valence-electron chi connectivity index (χ3n) is 5.30. The number of H-pyrrole nitrogens is 1. The highest BCUT2D eigenvalue weighted by molar-refractivity contribution is 8.00. The van der Waals surface area contributed by atoms with E-state index in [-0.39, 0.29) is 11.5 Å². The SMILES string of the molecule is O=C(CSc1ccccc1)N1CCc2nc3cc(-c4ccccc4)[nH]n3c(=O)c2C1. The van der Waals surface area contributed by atoms with Crippen LogP contribution < -0.4 is 5.56 Å². The molecule has 2 aromatic carbocycles. The molecule has 2 aromatic heterocycles. The van der Waals surface area contributed by atoms with Crippen molar-refractivity contribution < 1.29 is 4.79 Å². The van der Waals surface area contributed by atoms with Crippen molar-refractivity contribution in [2.24, 2.45) is 0 Å². The number of thioether (sulfide) groups is 1. The fourth-order valence-electron chi connectivity index (χ4n) is 3.71. The minimum atomic E-state index is -0.134. The molecule has 30 heavy (non-hydrogen) atoms. The molecule has 0 aliphatic carbocycles. The second kappa shape index (κ2) is 7.84. The predicted molar refractivity (Wildman–Crippen MR) is 118 cm³/mol. The summed E-state index contributed by atoms with van der Waals surface area (Å²) in [4.78, 5) is 33.3. The second-order valence-corrected chi connectivity index (χ2v) is 8.29. The molecule has 0 fully saturated rings. The minimum absolute atomic E-state index is 0.0375. The Balaban J connectivity index is 1.39. The van der Waals surface area contributed by atoms with Gasteiger partial charge in [0.1, 0.15) is 0 Å². The monoisotopic (exact) mass is 416 g/mol. The van der Waals surface area contributed by atoms with E-state index in [1.807, 2.05) is 66.7 Å². The van der Waals surface area contributed by atoms with Crippen LogP contribution in [0.5, 0.6) is 0 Å². The van der Waals surface area contributed by atoms with Gasteiger partial charge in [0.2, 0.25) is 5.91 Å². The van der Waals surface area contributed by atoms with Crippen molar-refractivity contribution in [3.05, 3.63) is 88.3 Å². The van der Waals surface area contributed by atoms with E-state index >= 15 is 0 Å². The topological polar surface area (TPSA) is 70.5 Å². The first kappa shape index (κ1) is 18.7. The van der Waals surface area contributed by atoms with E-state index in [4.69, 9.17) is 4.98 Å². The molecule has 7 heteroatoms. The van der Waals surface area contributed by atoms with E-state index in [9.17, 15) is 9.59 Å². The molecule has 150 valence electrons. The summed E-state index contributed by atoms with van der Waals surface area (Å²) < 4.78 is 1.48. The average molecular weight is 417 g/mol. The van der Waals surface area contributed by atoms with Crippen LogP contribution in [0.25, 0.3) is 16.9 Å². The van der Waals surface area contributed by atoms with Crippen molar-refractivity contribution in [3.8, 4) is 11.3 Å². The molecular weight excluding hydrogens is 396 g/mol. The van der Waals surface area contributed by atoms with Crippen LogP contribution in [0.15, 0.2) is 76.4 Å². The van der Waals surface area contributed by atoms with Crippen LogP contribution in [-0.2, 0) is 17.8 Å². The summed E-state index contributed by atoms with van der Waals surface area (Å²) in [5, 5.41) is 3.16. The van der Waals surface area contributed by atoms with Gasteiger partial charge in [0.25, 0.3) is 5.56 Å². The molecule has 1 N–H and O–H groups in total. The number of fused-ring (bicyclic) bond motifs is 2. The zero-order valence-corrected chi connectivity index (χ0v) is 17.1. The number of aromatic nitrogens is 3. The molecule has 1 aliphatic heterocycles. The fourth-order valence-corrected chi connectivity index (χ4v) is 4.54. The lowest BCUT2D eigenvalue weighted by Gasteiger charge is -2.27. The molecule has 1 aliphatic rings. The fraction of sp³-hybridized carbons (Fsp3) is 0.174. The molecule has 0 radical (unpaired) electrons. The molecule has 3 heterocycles.